The minimum atomic E-state index is -0.0710. The third-order valence-electron chi connectivity index (χ3n) is 6.06. The minimum absolute atomic E-state index is 0.0710. The van der Waals surface area contributed by atoms with Crippen molar-refractivity contribution in [2.45, 2.75) is 31.7 Å². The van der Waals surface area contributed by atoms with Gasteiger partial charge in [-0.05, 0) is 48.7 Å². The summed E-state index contributed by atoms with van der Waals surface area (Å²) in [4.78, 5) is 27.1. The van der Waals surface area contributed by atoms with Gasteiger partial charge in [-0.25, -0.2) is 4.98 Å². The van der Waals surface area contributed by atoms with Gasteiger partial charge in [-0.3, -0.25) is 14.3 Å². The number of hydrogen-bond donors (Lipinski definition) is 1. The monoisotopic (exact) mass is 443 g/mol. The number of nitrogens with zero attached hydrogens (tertiary/aromatic N) is 4. The Morgan fingerprint density at radius 2 is 1.70 bits per heavy atom. The molecule has 3 aromatic heterocycles. The molecule has 1 aromatic carbocycles. The van der Waals surface area contributed by atoms with Gasteiger partial charge < -0.3 is 14.8 Å². The van der Waals surface area contributed by atoms with Gasteiger partial charge in [0.2, 0.25) is 5.95 Å². The number of benzene rings is 1. The summed E-state index contributed by atoms with van der Waals surface area (Å²) in [6.45, 7) is 0. The highest BCUT2D eigenvalue weighted by Gasteiger charge is 2.23. The molecule has 1 aliphatic carbocycles. The van der Waals surface area contributed by atoms with E-state index in [1.807, 2.05) is 34.9 Å². The van der Waals surface area contributed by atoms with Crippen molar-refractivity contribution in [1.29, 1.82) is 0 Å². The first kappa shape index (κ1) is 20.9. The molecule has 8 nitrogen and oxygen atoms in total. The number of pyridine rings is 2. The van der Waals surface area contributed by atoms with Gasteiger partial charge in [0.15, 0.2) is 0 Å². The Hall–Kier alpha value is -3.94. The van der Waals surface area contributed by atoms with Crippen LogP contribution in [0.1, 0.15) is 31.7 Å². The Kier molecular flexibility index (Phi) is 5.64. The molecule has 1 aliphatic rings. The van der Waals surface area contributed by atoms with Crippen molar-refractivity contribution >= 4 is 22.7 Å². The van der Waals surface area contributed by atoms with Crippen molar-refractivity contribution in [1.82, 2.24) is 19.5 Å². The maximum absolute atomic E-state index is 13.8. The Morgan fingerprint density at radius 1 is 1.00 bits per heavy atom. The van der Waals surface area contributed by atoms with Crippen molar-refractivity contribution in [2.75, 3.05) is 19.5 Å². The van der Waals surface area contributed by atoms with Crippen LogP contribution in [0.2, 0.25) is 0 Å². The number of fused-ring (bicyclic) bond motifs is 1. The molecule has 0 bridgehead atoms. The molecule has 0 saturated heterocycles. The molecule has 0 atom stereocenters. The Balaban J connectivity index is 1.69. The van der Waals surface area contributed by atoms with E-state index in [9.17, 15) is 4.79 Å². The Bertz CT molecular complexity index is 1330. The molecule has 1 fully saturated rings. The van der Waals surface area contributed by atoms with Gasteiger partial charge in [0.05, 0.1) is 14.2 Å². The van der Waals surface area contributed by atoms with Crippen LogP contribution in [0.4, 0.5) is 11.6 Å². The van der Waals surface area contributed by atoms with Crippen LogP contribution in [0.25, 0.3) is 22.2 Å². The lowest BCUT2D eigenvalue weighted by Crippen LogP contribution is -2.26. The lowest BCUT2D eigenvalue weighted by Gasteiger charge is -2.19. The van der Waals surface area contributed by atoms with Crippen LogP contribution in [0.3, 0.4) is 0 Å². The minimum Gasteiger partial charge on any atom is -0.497 e. The van der Waals surface area contributed by atoms with E-state index in [-0.39, 0.29) is 11.6 Å². The van der Waals surface area contributed by atoms with Crippen LogP contribution >= 0.6 is 0 Å². The molecular formula is C25H25N5O3. The van der Waals surface area contributed by atoms with Gasteiger partial charge in [0.1, 0.15) is 17.1 Å². The van der Waals surface area contributed by atoms with Crippen LogP contribution in [0.5, 0.6) is 11.5 Å². The highest BCUT2D eigenvalue weighted by Crippen LogP contribution is 2.34. The smallest absolute Gasteiger partial charge is 0.260 e. The summed E-state index contributed by atoms with van der Waals surface area (Å²) in [7, 11) is 3.20. The molecule has 0 unspecified atom stereocenters. The van der Waals surface area contributed by atoms with Gasteiger partial charge >= 0.3 is 0 Å². The Morgan fingerprint density at radius 3 is 2.36 bits per heavy atom. The van der Waals surface area contributed by atoms with Crippen molar-refractivity contribution in [2.24, 2.45) is 0 Å². The average molecular weight is 444 g/mol. The lowest BCUT2D eigenvalue weighted by atomic mass is 10.0. The van der Waals surface area contributed by atoms with E-state index in [0.717, 1.165) is 42.3 Å². The van der Waals surface area contributed by atoms with Crippen molar-refractivity contribution in [3.63, 3.8) is 0 Å². The second kappa shape index (κ2) is 8.90. The molecule has 3 heterocycles. The Labute approximate surface area is 191 Å². The molecule has 8 heteroatoms. The summed E-state index contributed by atoms with van der Waals surface area (Å²) in [5.74, 6) is 1.70. The highest BCUT2D eigenvalue weighted by atomic mass is 16.5. The van der Waals surface area contributed by atoms with Crippen LogP contribution in [-0.4, -0.2) is 33.7 Å². The van der Waals surface area contributed by atoms with E-state index in [4.69, 9.17) is 14.5 Å². The summed E-state index contributed by atoms with van der Waals surface area (Å²) in [6, 6.07) is 11.1. The second-order valence-corrected chi connectivity index (χ2v) is 8.11. The second-order valence-electron chi connectivity index (χ2n) is 8.11. The van der Waals surface area contributed by atoms with Gasteiger partial charge in [-0.1, -0.05) is 12.8 Å². The number of ether oxygens (including phenoxy) is 2. The fourth-order valence-corrected chi connectivity index (χ4v) is 4.42. The summed E-state index contributed by atoms with van der Waals surface area (Å²) < 4.78 is 12.7. The lowest BCUT2D eigenvalue weighted by molar-refractivity contribution is 0.394. The molecule has 1 saturated carbocycles. The molecule has 1 N–H and O–H groups in total. The fourth-order valence-electron chi connectivity index (χ4n) is 4.42. The molecule has 33 heavy (non-hydrogen) atoms. The predicted octanol–water partition coefficient (Wildman–Crippen LogP) is 4.73. The van der Waals surface area contributed by atoms with Gasteiger partial charge in [-0.2, -0.15) is 4.98 Å². The third-order valence-corrected chi connectivity index (χ3v) is 6.06. The van der Waals surface area contributed by atoms with E-state index in [0.29, 0.717) is 28.7 Å². The van der Waals surface area contributed by atoms with Gasteiger partial charge in [0, 0.05) is 47.3 Å². The van der Waals surface area contributed by atoms with Crippen LogP contribution in [0.15, 0.2) is 59.8 Å². The first-order chi connectivity index (χ1) is 16.2. The van der Waals surface area contributed by atoms with E-state index in [1.165, 1.54) is 0 Å². The molecular weight excluding hydrogens is 418 g/mol. The topological polar surface area (TPSA) is 91.2 Å². The van der Waals surface area contributed by atoms with E-state index in [2.05, 4.69) is 15.3 Å². The fraction of sp³-hybridized carbons (Fsp3) is 0.280. The van der Waals surface area contributed by atoms with Crippen molar-refractivity contribution < 1.29 is 9.47 Å². The summed E-state index contributed by atoms with van der Waals surface area (Å²) in [5, 5.41) is 4.00. The maximum atomic E-state index is 13.8. The van der Waals surface area contributed by atoms with Crippen molar-refractivity contribution in [3.05, 3.63) is 65.3 Å². The van der Waals surface area contributed by atoms with Crippen LogP contribution in [0, 0.1) is 0 Å². The largest absolute Gasteiger partial charge is 0.497 e. The molecule has 4 aromatic rings. The van der Waals surface area contributed by atoms with E-state index in [1.54, 1.807) is 38.9 Å². The first-order valence-corrected chi connectivity index (χ1v) is 11.0. The number of rotatable bonds is 6. The molecule has 168 valence electrons. The number of nitrogens with one attached hydrogen (secondary N) is 1. The number of hydrogen-bond acceptors (Lipinski definition) is 7. The first-order valence-electron chi connectivity index (χ1n) is 11.0. The number of methoxy groups -OCH3 is 2. The standard InChI is InChI=1S/C25H25N5O3/c1-32-20-11-16(12-21(14-20)33-2)22-13-17-15-27-25(28-18-7-9-26-10-8-18)29-23(17)30(24(22)31)19-5-3-4-6-19/h7-15,19H,3-6H2,1-2H3,(H,26,27,28,29). The van der Waals surface area contributed by atoms with E-state index < -0.39 is 0 Å². The zero-order valence-corrected chi connectivity index (χ0v) is 18.6. The zero-order valence-electron chi connectivity index (χ0n) is 18.6. The van der Waals surface area contributed by atoms with Gasteiger partial charge in [0.25, 0.3) is 5.56 Å². The van der Waals surface area contributed by atoms with E-state index >= 15 is 0 Å². The maximum Gasteiger partial charge on any atom is 0.260 e. The zero-order chi connectivity index (χ0) is 22.8. The molecule has 0 aliphatic heterocycles. The number of aromatic nitrogens is 4. The predicted molar refractivity (Wildman–Crippen MR) is 127 cm³/mol. The average Bonchev–Trinajstić information content (AvgIpc) is 3.38. The normalized spacial score (nSPS) is 13.9. The van der Waals surface area contributed by atoms with Gasteiger partial charge in [-0.15, -0.1) is 0 Å². The summed E-state index contributed by atoms with van der Waals surface area (Å²) in [5.41, 5.74) is 2.71. The van der Waals surface area contributed by atoms with Crippen molar-refractivity contribution in [3.8, 4) is 22.6 Å². The molecule has 0 amide bonds. The summed E-state index contributed by atoms with van der Waals surface area (Å²) in [6.07, 6.45) is 9.27. The molecule has 0 radical (unpaired) electrons. The SMILES string of the molecule is COc1cc(OC)cc(-c2cc3cnc(Nc4ccncc4)nc3n(C3CCCC3)c2=O)c1. The highest BCUT2D eigenvalue weighted by molar-refractivity contribution is 5.82. The molecule has 0 spiro atoms. The molecule has 5 rings (SSSR count). The quantitative estimate of drug-likeness (QED) is 0.461. The number of anilines is 2. The van der Waals surface area contributed by atoms with Crippen LogP contribution < -0.4 is 20.3 Å². The third kappa shape index (κ3) is 4.11. The summed E-state index contributed by atoms with van der Waals surface area (Å²) >= 11 is 0. The van der Waals surface area contributed by atoms with Crippen LogP contribution in [-0.2, 0) is 0 Å².